The van der Waals surface area contributed by atoms with Crippen molar-refractivity contribution in [3.05, 3.63) is 0 Å². The number of ether oxygens (including phenoxy) is 11. The Bertz CT molecular complexity index is 1500. The number of nitrogens with one attached hydrogen (secondary N) is 8. The third-order valence-electron chi connectivity index (χ3n) is 10.6. The molecule has 0 aromatic heterocycles. The number of hydrogen-bond acceptors (Lipinski definition) is 19. The molecule has 0 radical (unpaired) electrons. The predicted octanol–water partition coefficient (Wildman–Crippen LogP) is 0.123. The van der Waals surface area contributed by atoms with Crippen LogP contribution in [0.25, 0.3) is 0 Å². The largest absolute Gasteiger partial charge is 0.465 e. The second-order valence-corrected chi connectivity index (χ2v) is 17.4. The molecule has 12 N–H and O–H groups in total. The highest BCUT2D eigenvalue weighted by Crippen LogP contribution is 2.03. The van der Waals surface area contributed by atoms with Crippen LogP contribution in [-0.4, -0.2) is 265 Å². The summed E-state index contributed by atoms with van der Waals surface area (Å²) in [5.74, 6) is -1.14. The molecule has 0 aliphatic heterocycles. The standard InChI is InChI=1S/C50H94N8O23/c59-43(51-15-5-19-71-25-31-77-33-27-73-21-7-17-53-45(61)41(57-49(67)68)9-1-3-13-55-47(63)64)11-23-75-29-35-79-37-39-81-40-38-80-36-30-76-24-12-44(60)52-16-6-20-72-26-32-78-34-28-74-22-8-18-54-46(62)42(58-50(69)70)10-2-4-14-56-48(65)66/h41-42,55-58H,1-40H2,(H,51,59)(H,52,60)(H,53,61)(H,54,62)(H,63,64)(H,65,66)(H,67,68)(H,69,70)/t41-,42-/m0/s1. The molecule has 2 atom stereocenters. The quantitative estimate of drug-likeness (QED) is 0.0360. The average Bonchev–Trinajstić information content (AvgIpc) is 3.42. The van der Waals surface area contributed by atoms with Gasteiger partial charge in [0.2, 0.25) is 23.6 Å². The molecule has 0 aromatic carbocycles. The van der Waals surface area contributed by atoms with Crippen molar-refractivity contribution in [2.75, 3.05) is 185 Å². The third-order valence-corrected chi connectivity index (χ3v) is 10.6. The maximum Gasteiger partial charge on any atom is 0.405 e. The first-order chi connectivity index (χ1) is 39.3. The first-order valence-corrected chi connectivity index (χ1v) is 27.7. The zero-order valence-corrected chi connectivity index (χ0v) is 47.0. The molecule has 8 amide bonds. The molecule has 0 aromatic rings. The van der Waals surface area contributed by atoms with Gasteiger partial charge in [-0.05, 0) is 64.2 Å². The van der Waals surface area contributed by atoms with Crippen LogP contribution in [0.5, 0.6) is 0 Å². The molecule has 472 valence electrons. The van der Waals surface area contributed by atoms with Crippen LogP contribution in [0, 0.1) is 0 Å². The van der Waals surface area contributed by atoms with Crippen molar-refractivity contribution in [3.63, 3.8) is 0 Å². The molecule has 0 saturated heterocycles. The van der Waals surface area contributed by atoms with E-state index < -0.39 is 48.3 Å². The number of hydrogen-bond donors (Lipinski definition) is 12. The van der Waals surface area contributed by atoms with Crippen LogP contribution in [0.1, 0.15) is 77.0 Å². The first-order valence-electron chi connectivity index (χ1n) is 27.7. The van der Waals surface area contributed by atoms with Crippen molar-refractivity contribution >= 4 is 48.0 Å². The highest BCUT2D eigenvalue weighted by molar-refractivity contribution is 5.85. The normalized spacial score (nSPS) is 11.8. The summed E-state index contributed by atoms with van der Waals surface area (Å²) in [6.07, 6.45) is 0.237. The molecule has 31 nitrogen and oxygen atoms in total. The Labute approximate surface area is 474 Å². The first kappa shape index (κ1) is 75.5. The van der Waals surface area contributed by atoms with Crippen molar-refractivity contribution in [1.82, 2.24) is 42.5 Å². The summed E-state index contributed by atoms with van der Waals surface area (Å²) in [7, 11) is 0. The minimum absolute atomic E-state index is 0.117. The van der Waals surface area contributed by atoms with Gasteiger partial charge in [-0.3, -0.25) is 19.2 Å². The van der Waals surface area contributed by atoms with E-state index in [1.54, 1.807) is 0 Å². The van der Waals surface area contributed by atoms with Gasteiger partial charge in [0.05, 0.1) is 119 Å². The molecule has 0 aliphatic carbocycles. The van der Waals surface area contributed by atoms with E-state index in [-0.39, 0.29) is 63.8 Å². The lowest BCUT2D eigenvalue weighted by molar-refractivity contribution is -0.124. The van der Waals surface area contributed by atoms with Gasteiger partial charge in [0.1, 0.15) is 12.1 Å². The fourth-order valence-corrected chi connectivity index (χ4v) is 6.57. The number of carbonyl (C=O) groups excluding carboxylic acids is 4. The molecule has 0 fully saturated rings. The summed E-state index contributed by atoms with van der Waals surface area (Å²) < 4.78 is 60.3. The van der Waals surface area contributed by atoms with E-state index >= 15 is 0 Å². The lowest BCUT2D eigenvalue weighted by atomic mass is 10.1. The van der Waals surface area contributed by atoms with E-state index in [0.717, 1.165) is 0 Å². The molecule has 0 heterocycles. The van der Waals surface area contributed by atoms with Crippen LogP contribution in [0.4, 0.5) is 19.2 Å². The van der Waals surface area contributed by atoms with Gasteiger partial charge in [0.25, 0.3) is 0 Å². The Morgan fingerprint density at radius 3 is 0.753 bits per heavy atom. The predicted molar refractivity (Wildman–Crippen MR) is 288 cm³/mol. The lowest BCUT2D eigenvalue weighted by Gasteiger charge is -2.16. The van der Waals surface area contributed by atoms with Crippen molar-refractivity contribution in [2.24, 2.45) is 0 Å². The highest BCUT2D eigenvalue weighted by Gasteiger charge is 2.21. The topological polar surface area (TPSA) is 415 Å². The summed E-state index contributed by atoms with van der Waals surface area (Å²) >= 11 is 0. The zero-order valence-electron chi connectivity index (χ0n) is 47.0. The van der Waals surface area contributed by atoms with Gasteiger partial charge in [-0.25, -0.2) is 19.2 Å². The van der Waals surface area contributed by atoms with Gasteiger partial charge < -0.3 is 115 Å². The van der Waals surface area contributed by atoms with Crippen LogP contribution in [0.3, 0.4) is 0 Å². The molecule has 0 saturated carbocycles. The van der Waals surface area contributed by atoms with Gasteiger partial charge in [-0.1, -0.05) is 0 Å². The van der Waals surface area contributed by atoms with E-state index in [4.69, 9.17) is 72.5 Å². The summed E-state index contributed by atoms with van der Waals surface area (Å²) in [5.41, 5.74) is 0. The van der Waals surface area contributed by atoms with Crippen molar-refractivity contribution in [3.8, 4) is 0 Å². The Kier molecular flexibility index (Phi) is 53.8. The zero-order chi connectivity index (χ0) is 59.5. The Hall–Kier alpha value is -5.48. The lowest BCUT2D eigenvalue weighted by Crippen LogP contribution is -2.46. The fraction of sp³-hybridized carbons (Fsp3) is 0.840. The summed E-state index contributed by atoms with van der Waals surface area (Å²) in [6, 6.07) is -1.86. The van der Waals surface area contributed by atoms with Crippen LogP contribution >= 0.6 is 0 Å². The van der Waals surface area contributed by atoms with E-state index in [2.05, 4.69) is 42.5 Å². The van der Waals surface area contributed by atoms with Crippen molar-refractivity contribution < 1.29 is 111 Å². The van der Waals surface area contributed by atoms with Gasteiger partial charge in [-0.2, -0.15) is 0 Å². The monoisotopic (exact) mass is 1170 g/mol. The summed E-state index contributed by atoms with van der Waals surface area (Å²) in [5, 5.41) is 55.0. The minimum Gasteiger partial charge on any atom is -0.465 e. The number of rotatable bonds is 60. The minimum atomic E-state index is -1.32. The highest BCUT2D eigenvalue weighted by atomic mass is 16.6. The van der Waals surface area contributed by atoms with Crippen LogP contribution in [0.2, 0.25) is 0 Å². The van der Waals surface area contributed by atoms with E-state index in [1.165, 1.54) is 0 Å². The van der Waals surface area contributed by atoms with Crippen LogP contribution in [0.15, 0.2) is 0 Å². The van der Waals surface area contributed by atoms with E-state index in [0.29, 0.717) is 210 Å². The van der Waals surface area contributed by atoms with Crippen LogP contribution in [-0.2, 0) is 71.3 Å². The van der Waals surface area contributed by atoms with Crippen LogP contribution < -0.4 is 42.5 Å². The number of carboxylic acid groups (broad SMARTS) is 4. The van der Waals surface area contributed by atoms with E-state index in [1.807, 2.05) is 0 Å². The molecule has 0 aliphatic rings. The molecular formula is C50H94N8O23. The SMILES string of the molecule is O=C(O)NCCCC[C@H](NC(=O)O)C(=O)NCCCOCCOCCOCCCNC(=O)CCOCCOCCOCCOCCOCCC(=O)NCCCOCCOCCOCCCNC(=O)[C@H](CCCCNC(=O)O)NC(=O)O. The van der Waals surface area contributed by atoms with Gasteiger partial charge in [-0.15, -0.1) is 0 Å². The molecule has 0 bridgehead atoms. The Morgan fingerprint density at radius 1 is 0.259 bits per heavy atom. The third kappa shape index (κ3) is 57.6. The molecule has 0 spiro atoms. The van der Waals surface area contributed by atoms with Crippen molar-refractivity contribution in [1.29, 1.82) is 0 Å². The molecule has 81 heavy (non-hydrogen) atoms. The van der Waals surface area contributed by atoms with Gasteiger partial charge in [0, 0.05) is 78.5 Å². The number of amides is 8. The molecule has 0 unspecified atom stereocenters. The molecule has 0 rings (SSSR count). The molecular weight excluding hydrogens is 1080 g/mol. The Morgan fingerprint density at radius 2 is 0.494 bits per heavy atom. The van der Waals surface area contributed by atoms with Crippen molar-refractivity contribution in [2.45, 2.75) is 89.1 Å². The molecule has 31 heteroatoms. The fourth-order valence-electron chi connectivity index (χ4n) is 6.57. The van der Waals surface area contributed by atoms with E-state index in [9.17, 15) is 38.4 Å². The van der Waals surface area contributed by atoms with Gasteiger partial charge >= 0.3 is 24.4 Å². The average molecular weight is 1180 g/mol. The maximum atomic E-state index is 12.3. The van der Waals surface area contributed by atoms with Gasteiger partial charge in [0.15, 0.2) is 0 Å². The number of carbonyl (C=O) groups is 8. The Balaban J connectivity index is 3.43. The summed E-state index contributed by atoms with van der Waals surface area (Å²) in [6.45, 7) is 10.2. The summed E-state index contributed by atoms with van der Waals surface area (Å²) in [4.78, 5) is 91.8. The number of unbranched alkanes of at least 4 members (excludes halogenated alkanes) is 2. The smallest absolute Gasteiger partial charge is 0.405 e. The second kappa shape index (κ2) is 57.7. The maximum absolute atomic E-state index is 12.3. The second-order valence-electron chi connectivity index (χ2n) is 17.4.